The molecule has 0 aromatic carbocycles. The van der Waals surface area contributed by atoms with E-state index in [1.54, 1.807) is 13.3 Å². The van der Waals surface area contributed by atoms with Crippen LogP contribution in [0.25, 0.3) is 0 Å². The molecule has 1 aromatic heterocycles. The number of rotatable bonds is 4. The van der Waals surface area contributed by atoms with Crippen LogP contribution < -0.4 is 5.73 Å². The Hall–Kier alpha value is -0.940. The van der Waals surface area contributed by atoms with Gasteiger partial charge in [-0.15, -0.1) is 10.2 Å². The molecule has 0 spiro atoms. The summed E-state index contributed by atoms with van der Waals surface area (Å²) in [5.74, 6) is 2.19. The fourth-order valence-electron chi connectivity index (χ4n) is 2.66. The van der Waals surface area contributed by atoms with Gasteiger partial charge in [-0.25, -0.2) is 0 Å². The van der Waals surface area contributed by atoms with Gasteiger partial charge in [0.2, 0.25) is 0 Å². The van der Waals surface area contributed by atoms with E-state index in [2.05, 4.69) is 10.2 Å². The largest absolute Gasteiger partial charge is 0.392 e. The third-order valence-electron chi connectivity index (χ3n) is 3.65. The second-order valence-electron chi connectivity index (χ2n) is 5.14. The van der Waals surface area contributed by atoms with Crippen LogP contribution in [0.5, 0.6) is 0 Å². The quantitative estimate of drug-likeness (QED) is 0.816. The van der Waals surface area contributed by atoms with Crippen molar-refractivity contribution >= 4 is 0 Å². The predicted molar refractivity (Wildman–Crippen MR) is 65.5 cm³/mol. The van der Waals surface area contributed by atoms with Crippen LogP contribution in [0, 0.1) is 5.92 Å². The lowest BCUT2D eigenvalue weighted by Gasteiger charge is -2.27. The molecule has 0 saturated heterocycles. The van der Waals surface area contributed by atoms with Crippen LogP contribution in [-0.4, -0.2) is 32.5 Å². The molecule has 5 heteroatoms. The zero-order valence-corrected chi connectivity index (χ0v) is 10.4. The molecule has 96 valence electrons. The summed E-state index contributed by atoms with van der Waals surface area (Å²) in [6, 6.07) is 0. The van der Waals surface area contributed by atoms with E-state index in [0.29, 0.717) is 18.4 Å². The van der Waals surface area contributed by atoms with E-state index >= 15 is 0 Å². The number of aromatic nitrogens is 3. The predicted octanol–water partition coefficient (Wildman–Crippen LogP) is 0.891. The molecule has 3 N–H and O–H groups in total. The van der Waals surface area contributed by atoms with Crippen LogP contribution in [0.4, 0.5) is 0 Å². The Morgan fingerprint density at radius 2 is 2.18 bits per heavy atom. The number of aliphatic hydroxyl groups is 1. The Bertz CT molecular complexity index is 342. The Labute approximate surface area is 102 Å². The average molecular weight is 238 g/mol. The van der Waals surface area contributed by atoms with E-state index in [4.69, 9.17) is 5.73 Å². The number of hydrogen-bond donors (Lipinski definition) is 2. The summed E-state index contributed by atoms with van der Waals surface area (Å²) >= 11 is 0. The van der Waals surface area contributed by atoms with Gasteiger partial charge in [0, 0.05) is 5.92 Å². The molecule has 5 nitrogen and oxygen atoms in total. The van der Waals surface area contributed by atoms with Gasteiger partial charge in [-0.1, -0.05) is 0 Å². The standard InChI is InChI=1S/C12H22N4O/c1-9(17)7-16-8-14-15-12(16)11-4-2-10(6-13)3-5-11/h8-11,17H,2-7,13H2,1H3. The van der Waals surface area contributed by atoms with Crippen LogP contribution in [0.2, 0.25) is 0 Å². The van der Waals surface area contributed by atoms with E-state index < -0.39 is 0 Å². The maximum Gasteiger partial charge on any atom is 0.135 e. The van der Waals surface area contributed by atoms with Crippen LogP contribution in [0.1, 0.15) is 44.3 Å². The van der Waals surface area contributed by atoms with E-state index in [0.717, 1.165) is 25.2 Å². The maximum absolute atomic E-state index is 9.43. The summed E-state index contributed by atoms with van der Waals surface area (Å²) < 4.78 is 1.98. The molecule has 17 heavy (non-hydrogen) atoms. The molecular formula is C12H22N4O. The third-order valence-corrected chi connectivity index (χ3v) is 3.65. The third kappa shape index (κ3) is 3.04. The lowest BCUT2D eigenvalue weighted by atomic mass is 9.81. The number of aliphatic hydroxyl groups excluding tert-OH is 1. The van der Waals surface area contributed by atoms with Crippen molar-refractivity contribution in [3.63, 3.8) is 0 Å². The number of hydrogen-bond acceptors (Lipinski definition) is 4. The Morgan fingerprint density at radius 1 is 1.47 bits per heavy atom. The summed E-state index contributed by atoms with van der Waals surface area (Å²) in [6.07, 6.45) is 6.01. The molecule has 2 rings (SSSR count). The number of nitrogens with two attached hydrogens (primary N) is 1. The summed E-state index contributed by atoms with van der Waals surface area (Å²) in [4.78, 5) is 0. The lowest BCUT2D eigenvalue weighted by molar-refractivity contribution is 0.170. The van der Waals surface area contributed by atoms with Gasteiger partial charge in [0.05, 0.1) is 12.6 Å². The first-order valence-corrected chi connectivity index (χ1v) is 6.46. The van der Waals surface area contributed by atoms with Crippen molar-refractivity contribution in [2.24, 2.45) is 11.7 Å². The second-order valence-corrected chi connectivity index (χ2v) is 5.14. The topological polar surface area (TPSA) is 77.0 Å². The molecule has 0 aliphatic heterocycles. The fourth-order valence-corrected chi connectivity index (χ4v) is 2.66. The highest BCUT2D eigenvalue weighted by Gasteiger charge is 2.25. The highest BCUT2D eigenvalue weighted by Crippen LogP contribution is 2.34. The van der Waals surface area contributed by atoms with E-state index in [9.17, 15) is 5.11 Å². The van der Waals surface area contributed by atoms with Crippen molar-refractivity contribution in [1.82, 2.24) is 14.8 Å². The molecule has 0 amide bonds. The molecular weight excluding hydrogens is 216 g/mol. The van der Waals surface area contributed by atoms with Crippen molar-refractivity contribution in [3.8, 4) is 0 Å². The summed E-state index contributed by atoms with van der Waals surface area (Å²) in [7, 11) is 0. The second kappa shape index (κ2) is 5.60. The Kier molecular flexibility index (Phi) is 4.12. The SMILES string of the molecule is CC(O)Cn1cnnc1C1CCC(CN)CC1. The number of nitrogens with zero attached hydrogens (tertiary/aromatic N) is 3. The highest BCUT2D eigenvalue weighted by molar-refractivity contribution is 4.99. The van der Waals surface area contributed by atoms with Crippen LogP contribution in [0.15, 0.2) is 6.33 Å². The zero-order valence-electron chi connectivity index (χ0n) is 10.4. The van der Waals surface area contributed by atoms with Crippen molar-refractivity contribution in [1.29, 1.82) is 0 Å². The first kappa shape index (κ1) is 12.5. The summed E-state index contributed by atoms with van der Waals surface area (Å²) in [5.41, 5.74) is 5.70. The minimum absolute atomic E-state index is 0.356. The van der Waals surface area contributed by atoms with E-state index in [-0.39, 0.29) is 6.10 Å². The molecule has 1 atom stereocenters. The normalized spacial score (nSPS) is 27.0. The van der Waals surface area contributed by atoms with Gasteiger partial charge in [-0.05, 0) is 45.1 Å². The monoisotopic (exact) mass is 238 g/mol. The molecule has 1 aromatic rings. The van der Waals surface area contributed by atoms with Crippen molar-refractivity contribution in [2.75, 3.05) is 6.54 Å². The van der Waals surface area contributed by atoms with Crippen LogP contribution >= 0.6 is 0 Å². The molecule has 0 bridgehead atoms. The maximum atomic E-state index is 9.43. The van der Waals surface area contributed by atoms with Gasteiger partial charge in [-0.2, -0.15) is 0 Å². The van der Waals surface area contributed by atoms with E-state index in [1.165, 1.54) is 12.8 Å². The van der Waals surface area contributed by atoms with Gasteiger partial charge in [0.25, 0.3) is 0 Å². The summed E-state index contributed by atoms with van der Waals surface area (Å²) in [5, 5.41) is 17.6. The zero-order chi connectivity index (χ0) is 12.3. The van der Waals surface area contributed by atoms with E-state index in [1.807, 2.05) is 4.57 Å². The van der Waals surface area contributed by atoms with Crippen molar-refractivity contribution in [3.05, 3.63) is 12.2 Å². The van der Waals surface area contributed by atoms with Gasteiger partial charge < -0.3 is 15.4 Å². The molecule has 1 aliphatic rings. The summed E-state index contributed by atoms with van der Waals surface area (Å²) in [6.45, 7) is 3.17. The van der Waals surface area contributed by atoms with Gasteiger partial charge in [0.15, 0.2) is 0 Å². The molecule has 1 aliphatic carbocycles. The minimum Gasteiger partial charge on any atom is -0.392 e. The van der Waals surface area contributed by atoms with Gasteiger partial charge >= 0.3 is 0 Å². The average Bonchev–Trinajstić information content (AvgIpc) is 2.76. The van der Waals surface area contributed by atoms with Gasteiger partial charge in [0.1, 0.15) is 12.2 Å². The molecule has 1 unspecified atom stereocenters. The van der Waals surface area contributed by atoms with Crippen LogP contribution in [0.3, 0.4) is 0 Å². The van der Waals surface area contributed by atoms with Gasteiger partial charge in [-0.3, -0.25) is 0 Å². The molecule has 1 heterocycles. The first-order chi connectivity index (χ1) is 8.20. The highest BCUT2D eigenvalue weighted by atomic mass is 16.3. The Morgan fingerprint density at radius 3 is 2.76 bits per heavy atom. The fraction of sp³-hybridized carbons (Fsp3) is 0.833. The Balaban J connectivity index is 2.00. The molecule has 0 radical (unpaired) electrons. The van der Waals surface area contributed by atoms with Crippen molar-refractivity contribution < 1.29 is 5.11 Å². The van der Waals surface area contributed by atoms with Crippen LogP contribution in [-0.2, 0) is 6.54 Å². The molecule has 1 saturated carbocycles. The smallest absolute Gasteiger partial charge is 0.135 e. The molecule has 1 fully saturated rings. The first-order valence-electron chi connectivity index (χ1n) is 6.46. The minimum atomic E-state index is -0.356. The lowest BCUT2D eigenvalue weighted by Crippen LogP contribution is -2.23. The van der Waals surface area contributed by atoms with Crippen molar-refractivity contribution in [2.45, 2.75) is 51.2 Å².